The molecule has 0 radical (unpaired) electrons. The van der Waals surface area contributed by atoms with Gasteiger partial charge in [0, 0.05) is 11.1 Å². The molecule has 15 heteroatoms. The first kappa shape index (κ1) is 21.5. The smallest absolute Gasteiger partial charge is 0.352 e. The number of carbonyl (C=O) groups is 3. The zero-order valence-corrected chi connectivity index (χ0v) is 17.8. The first-order chi connectivity index (χ1) is 15.1. The van der Waals surface area contributed by atoms with E-state index in [-0.39, 0.29) is 28.0 Å². The van der Waals surface area contributed by atoms with Gasteiger partial charge in [-0.15, -0.1) is 23.1 Å². The van der Waals surface area contributed by atoms with Crippen molar-refractivity contribution in [3.8, 4) is 0 Å². The van der Waals surface area contributed by atoms with Gasteiger partial charge < -0.3 is 26.7 Å². The molecule has 166 valence electrons. The van der Waals surface area contributed by atoms with E-state index in [1.165, 1.54) is 18.6 Å². The van der Waals surface area contributed by atoms with E-state index in [1.807, 2.05) is 0 Å². The molecule has 2 amide bonds. The lowest BCUT2D eigenvalue weighted by Gasteiger charge is -2.56. The van der Waals surface area contributed by atoms with Crippen molar-refractivity contribution >= 4 is 57.4 Å². The van der Waals surface area contributed by atoms with Crippen molar-refractivity contribution in [3.05, 3.63) is 48.9 Å². The number of aliphatic carboxylic acids is 1. The van der Waals surface area contributed by atoms with Crippen molar-refractivity contribution in [1.82, 2.24) is 15.2 Å². The number of β-lactam (4-membered cyclic amide) rings is 1. The lowest BCUT2D eigenvalue weighted by atomic mass is 9.76. The predicted octanol–water partition coefficient (Wildman–Crippen LogP) is -1.85. The number of carboxylic acids is 1. The van der Waals surface area contributed by atoms with Gasteiger partial charge in [0.2, 0.25) is 10.9 Å². The van der Waals surface area contributed by atoms with Gasteiger partial charge in [-0.3, -0.25) is 24.1 Å². The number of nitrogens with one attached hydrogen (secondary N) is 1. The number of oxime groups is 1. The second-order valence-corrected chi connectivity index (χ2v) is 8.66. The molecule has 0 bridgehead atoms. The number of aromatic nitrogens is 1. The molecule has 2 atom stereocenters. The lowest BCUT2D eigenvalue weighted by molar-refractivity contribution is -0.159. The van der Waals surface area contributed by atoms with Gasteiger partial charge in [0.25, 0.3) is 11.8 Å². The highest BCUT2D eigenvalue weighted by molar-refractivity contribution is 8.00. The average molecular weight is 478 g/mol. The fourth-order valence-corrected chi connectivity index (χ4v) is 5.48. The molecule has 1 saturated heterocycles. The van der Waals surface area contributed by atoms with E-state index in [0.717, 1.165) is 28.0 Å². The normalized spacial score (nSPS) is 22.7. The van der Waals surface area contributed by atoms with Crippen LogP contribution in [0.3, 0.4) is 0 Å². The Balaban J connectivity index is 1.80. The lowest BCUT2D eigenvalue weighted by Crippen LogP contribution is -2.80. The van der Waals surface area contributed by atoms with Crippen LogP contribution in [0.4, 0.5) is 10.8 Å². The number of nitrogens with two attached hydrogens (primary N) is 2. The Morgan fingerprint density at radius 3 is 2.62 bits per heavy atom. The molecular formula is C17H14N6O7S2. The highest BCUT2D eigenvalue weighted by Gasteiger charge is 2.68. The van der Waals surface area contributed by atoms with Gasteiger partial charge in [0.05, 0.1) is 11.3 Å². The zero-order chi connectivity index (χ0) is 23.4. The fraction of sp³-hybridized carbons (Fsp3) is 0.235. The van der Waals surface area contributed by atoms with Crippen molar-refractivity contribution in [2.75, 3.05) is 24.3 Å². The molecule has 1 unspecified atom stereocenters. The van der Waals surface area contributed by atoms with Crippen LogP contribution >= 0.6 is 23.1 Å². The van der Waals surface area contributed by atoms with Crippen molar-refractivity contribution in [2.45, 2.75) is 10.9 Å². The van der Waals surface area contributed by atoms with E-state index < -0.39 is 50.8 Å². The van der Waals surface area contributed by atoms with Gasteiger partial charge in [-0.25, -0.2) is 9.78 Å². The summed E-state index contributed by atoms with van der Waals surface area (Å²) < 4.78 is 0. The zero-order valence-electron chi connectivity index (χ0n) is 16.1. The van der Waals surface area contributed by atoms with Crippen LogP contribution in [0.1, 0.15) is 11.3 Å². The van der Waals surface area contributed by atoms with Gasteiger partial charge >= 0.3 is 5.97 Å². The third kappa shape index (κ3) is 2.81. The number of fused-ring (bicyclic) bond motifs is 1. The molecular weight excluding hydrogens is 464 g/mol. The monoisotopic (exact) mass is 478 g/mol. The van der Waals surface area contributed by atoms with Crippen LogP contribution in [0.2, 0.25) is 0 Å². The summed E-state index contributed by atoms with van der Waals surface area (Å²) in [4.78, 5) is 71.7. The number of carboxylic acid groups (broad SMARTS) is 1. The summed E-state index contributed by atoms with van der Waals surface area (Å²) in [5.41, 5.74) is 5.76. The van der Waals surface area contributed by atoms with Crippen LogP contribution in [0.5, 0.6) is 0 Å². The number of nitrogens with zero attached hydrogens (tertiary/aromatic N) is 3. The number of thiazole rings is 1. The molecule has 0 spiro atoms. The molecule has 1 fully saturated rings. The Morgan fingerprint density at radius 2 is 2.06 bits per heavy atom. The van der Waals surface area contributed by atoms with Crippen LogP contribution in [-0.4, -0.2) is 56.7 Å². The second-order valence-electron chi connectivity index (χ2n) is 6.66. The van der Waals surface area contributed by atoms with Gasteiger partial charge in [-0.2, -0.15) is 0 Å². The summed E-state index contributed by atoms with van der Waals surface area (Å²) in [6, 6.07) is 0. The minimum Gasteiger partial charge on any atom is -0.477 e. The first-order valence-electron chi connectivity index (χ1n) is 8.78. The van der Waals surface area contributed by atoms with E-state index in [1.54, 1.807) is 0 Å². The summed E-state index contributed by atoms with van der Waals surface area (Å²) in [5.74, 6) is -3.08. The van der Waals surface area contributed by atoms with Crippen LogP contribution in [0.25, 0.3) is 0 Å². The van der Waals surface area contributed by atoms with E-state index in [4.69, 9.17) is 16.3 Å². The fourth-order valence-electron chi connectivity index (χ4n) is 3.61. The Kier molecular flexibility index (Phi) is 5.01. The summed E-state index contributed by atoms with van der Waals surface area (Å²) in [6.07, 6.45) is 1.33. The van der Waals surface area contributed by atoms with Crippen LogP contribution in [0, 0.1) is 0 Å². The third-order valence-electron chi connectivity index (χ3n) is 4.99. The summed E-state index contributed by atoms with van der Waals surface area (Å²) >= 11 is 2.12. The van der Waals surface area contributed by atoms with Crippen LogP contribution < -0.4 is 27.6 Å². The average Bonchev–Trinajstić information content (AvgIpc) is 3.21. The van der Waals surface area contributed by atoms with E-state index in [2.05, 4.69) is 15.5 Å². The van der Waals surface area contributed by atoms with Crippen LogP contribution in [0.15, 0.2) is 31.9 Å². The Morgan fingerprint density at radius 1 is 1.34 bits per heavy atom. The first-order valence-corrected chi connectivity index (χ1v) is 10.7. The van der Waals surface area contributed by atoms with Crippen LogP contribution in [-0.2, 0) is 24.8 Å². The third-order valence-corrected chi connectivity index (χ3v) is 6.90. The molecule has 0 saturated carbocycles. The maximum absolute atomic E-state index is 13.3. The van der Waals surface area contributed by atoms with Crippen molar-refractivity contribution in [2.24, 2.45) is 5.16 Å². The highest BCUT2D eigenvalue weighted by Crippen LogP contribution is 2.50. The summed E-state index contributed by atoms with van der Waals surface area (Å²) in [6.45, 7) is 0. The standard InChI is InChI=1S/C17H14N6O7S2/c1-30-22-9(5-4-32-16(19)20-5)12(26)21-17(7-8(18)11(25)10(7)24)14(29)23-6(13(27)28)2-3-31-15(17)23/h2,4,15H,3,18H2,1H3,(H2,19,20)(H,21,26)(H,27,28)/t15-,17?/m0/s1. The number of hydrogen-bond acceptors (Lipinski definition) is 12. The number of anilines is 2. The Bertz CT molecular complexity index is 1310. The molecule has 2 aliphatic heterocycles. The molecule has 4 rings (SSSR count). The topological polar surface area (TPSA) is 207 Å². The molecule has 2 aromatic rings. The quantitative estimate of drug-likeness (QED) is 0.157. The predicted molar refractivity (Wildman–Crippen MR) is 114 cm³/mol. The summed E-state index contributed by atoms with van der Waals surface area (Å²) in [5, 5.41) is 16.0. The Hall–Kier alpha value is -3.72. The number of hydrogen-bond donors (Lipinski definition) is 4. The molecule has 3 heterocycles. The Labute approximate surface area is 186 Å². The molecule has 32 heavy (non-hydrogen) atoms. The van der Waals surface area contributed by atoms with Gasteiger partial charge in [0.15, 0.2) is 16.4 Å². The van der Waals surface area contributed by atoms with E-state index >= 15 is 0 Å². The molecule has 1 aromatic heterocycles. The van der Waals surface area contributed by atoms with E-state index in [0.29, 0.717) is 0 Å². The number of thioether (sulfide) groups is 1. The minimum absolute atomic E-state index is 0.0472. The molecule has 1 aromatic carbocycles. The SMILES string of the molecule is CON=C(C(=O)NC1(c2c(N)c(=O)c2=O)C(=O)N2C(C(=O)O)=CCS[C@H]21)c1csc(N)n1. The van der Waals surface area contributed by atoms with Crippen molar-refractivity contribution in [3.63, 3.8) is 0 Å². The molecule has 0 aliphatic carbocycles. The molecule has 13 nitrogen and oxygen atoms in total. The maximum atomic E-state index is 13.3. The van der Waals surface area contributed by atoms with Gasteiger partial charge in [-0.05, 0) is 6.08 Å². The van der Waals surface area contributed by atoms with Crippen molar-refractivity contribution in [1.29, 1.82) is 0 Å². The number of nitrogen functional groups attached to an aromatic ring is 2. The number of carbonyl (C=O) groups excluding carboxylic acids is 2. The van der Waals surface area contributed by atoms with Gasteiger partial charge in [0.1, 0.15) is 23.9 Å². The van der Waals surface area contributed by atoms with E-state index in [9.17, 15) is 29.1 Å². The van der Waals surface area contributed by atoms with Gasteiger partial charge in [-0.1, -0.05) is 5.16 Å². The largest absolute Gasteiger partial charge is 0.477 e. The summed E-state index contributed by atoms with van der Waals surface area (Å²) in [7, 11) is 1.19. The number of rotatable bonds is 6. The highest BCUT2D eigenvalue weighted by atomic mass is 32.2. The van der Waals surface area contributed by atoms with Crippen molar-refractivity contribution < 1.29 is 24.3 Å². The molecule has 2 aliphatic rings. The minimum atomic E-state index is -2.07. The maximum Gasteiger partial charge on any atom is 0.352 e. The second kappa shape index (κ2) is 7.45. The number of amides is 2. The molecule has 6 N–H and O–H groups in total.